The normalized spacial score (nSPS) is 35.8. The van der Waals surface area contributed by atoms with Crippen molar-refractivity contribution in [3.8, 4) is 0 Å². The van der Waals surface area contributed by atoms with Crippen molar-refractivity contribution in [2.45, 2.75) is 105 Å². The number of hydrogen-bond donors (Lipinski definition) is 0. The predicted molar refractivity (Wildman–Crippen MR) is 120 cm³/mol. The smallest absolute Gasteiger partial charge is 0.0143 e. The highest BCUT2D eigenvalue weighted by Gasteiger charge is 2.50. The topological polar surface area (TPSA) is 0 Å². The average molecular weight is 369 g/mol. The van der Waals surface area contributed by atoms with Gasteiger partial charge in [-0.25, -0.2) is 0 Å². The van der Waals surface area contributed by atoms with E-state index in [1.807, 2.05) is 0 Å². The zero-order chi connectivity index (χ0) is 19.4. The summed E-state index contributed by atoms with van der Waals surface area (Å²) in [7, 11) is 0. The second-order valence-electron chi connectivity index (χ2n) is 10.6. The van der Waals surface area contributed by atoms with Crippen LogP contribution in [-0.2, 0) is 0 Å². The monoisotopic (exact) mass is 368 g/mol. The Hall–Kier alpha value is -0.780. The maximum atomic E-state index is 4.32. The molecule has 0 heterocycles. The van der Waals surface area contributed by atoms with E-state index in [4.69, 9.17) is 0 Å². The molecule has 4 atom stereocenters. The van der Waals surface area contributed by atoms with E-state index in [0.717, 1.165) is 23.7 Å². The van der Waals surface area contributed by atoms with E-state index in [-0.39, 0.29) is 0 Å². The molecule has 3 rings (SSSR count). The van der Waals surface area contributed by atoms with Crippen molar-refractivity contribution in [2.75, 3.05) is 0 Å². The molecule has 0 aromatic rings. The Kier molecular flexibility index (Phi) is 7.09. The fraction of sp³-hybridized carbons (Fsp3) is 0.778. The van der Waals surface area contributed by atoms with Gasteiger partial charge in [0.2, 0.25) is 0 Å². The minimum atomic E-state index is 0.559. The minimum absolute atomic E-state index is 0.559. The third-order valence-corrected chi connectivity index (χ3v) is 8.29. The lowest BCUT2D eigenvalue weighted by Gasteiger charge is -2.44. The van der Waals surface area contributed by atoms with E-state index in [1.165, 1.54) is 88.2 Å². The first-order valence-electron chi connectivity index (χ1n) is 12.0. The highest BCUT2D eigenvalue weighted by atomic mass is 14.5. The molecule has 0 heteroatoms. The molecule has 0 amide bonds. The first-order chi connectivity index (χ1) is 12.9. The summed E-state index contributed by atoms with van der Waals surface area (Å²) < 4.78 is 0. The van der Waals surface area contributed by atoms with E-state index in [0.29, 0.717) is 5.41 Å². The van der Waals surface area contributed by atoms with Gasteiger partial charge in [0.1, 0.15) is 0 Å². The molecule has 0 saturated heterocycles. The molecule has 0 spiro atoms. The van der Waals surface area contributed by atoms with Crippen LogP contribution in [0, 0.1) is 29.1 Å². The molecule has 0 N–H and O–H groups in total. The molecule has 3 aliphatic carbocycles. The third-order valence-electron chi connectivity index (χ3n) is 8.29. The lowest BCUT2D eigenvalue weighted by Crippen LogP contribution is -2.36. The van der Waals surface area contributed by atoms with Gasteiger partial charge in [0, 0.05) is 0 Å². The molecule has 152 valence electrons. The van der Waals surface area contributed by atoms with Gasteiger partial charge in [0.05, 0.1) is 0 Å². The molecule has 0 aromatic heterocycles. The highest BCUT2D eigenvalue weighted by Crippen LogP contribution is 2.59. The summed E-state index contributed by atoms with van der Waals surface area (Å²) in [5.74, 6) is 3.54. The Morgan fingerprint density at radius 3 is 2.52 bits per heavy atom. The second kappa shape index (κ2) is 9.15. The summed E-state index contributed by atoms with van der Waals surface area (Å²) in [6.07, 6.45) is 21.5. The first kappa shape index (κ1) is 20.9. The van der Waals surface area contributed by atoms with Crippen molar-refractivity contribution < 1.29 is 0 Å². The fourth-order valence-electron chi connectivity index (χ4n) is 6.66. The van der Waals surface area contributed by atoms with Crippen LogP contribution < -0.4 is 0 Å². The van der Waals surface area contributed by atoms with Gasteiger partial charge < -0.3 is 0 Å². The van der Waals surface area contributed by atoms with Gasteiger partial charge in [-0.3, -0.25) is 0 Å². The summed E-state index contributed by atoms with van der Waals surface area (Å²) in [4.78, 5) is 0. The van der Waals surface area contributed by atoms with Gasteiger partial charge in [-0.05, 0) is 92.4 Å². The zero-order valence-corrected chi connectivity index (χ0v) is 18.7. The van der Waals surface area contributed by atoms with Gasteiger partial charge in [0.25, 0.3) is 0 Å². The predicted octanol–water partition coefficient (Wildman–Crippen LogP) is 8.65. The molecule has 3 unspecified atom stereocenters. The SMILES string of the molecule is C=C1CCCC/C1=C/C=C1\CCCC2(C)C1CCC2[C@H](C)CCCC(C)C. The summed E-state index contributed by atoms with van der Waals surface area (Å²) in [5, 5.41) is 0. The molecular formula is C27H44. The second-order valence-corrected chi connectivity index (χ2v) is 10.6. The lowest BCUT2D eigenvalue weighted by atomic mass is 9.60. The number of fused-ring (bicyclic) bond motifs is 1. The molecule has 0 nitrogen and oxygen atoms in total. The number of allylic oxidation sites excluding steroid dienone is 5. The molecular weight excluding hydrogens is 324 g/mol. The third kappa shape index (κ3) is 4.80. The van der Waals surface area contributed by atoms with E-state index in [2.05, 4.69) is 46.4 Å². The Morgan fingerprint density at radius 1 is 1.00 bits per heavy atom. The van der Waals surface area contributed by atoms with Gasteiger partial charge in [-0.15, -0.1) is 0 Å². The summed E-state index contributed by atoms with van der Waals surface area (Å²) >= 11 is 0. The highest BCUT2D eigenvalue weighted by molar-refractivity contribution is 5.35. The Bertz CT molecular complexity index is 575. The van der Waals surface area contributed by atoms with E-state index >= 15 is 0 Å². The molecule has 3 saturated carbocycles. The maximum Gasteiger partial charge on any atom is -0.0143 e. The van der Waals surface area contributed by atoms with Crippen LogP contribution in [0.25, 0.3) is 0 Å². The van der Waals surface area contributed by atoms with Crippen LogP contribution >= 0.6 is 0 Å². The Balaban J connectivity index is 1.69. The fourth-order valence-corrected chi connectivity index (χ4v) is 6.66. The molecule has 3 aliphatic rings. The first-order valence-corrected chi connectivity index (χ1v) is 12.0. The van der Waals surface area contributed by atoms with Crippen LogP contribution in [0.15, 0.2) is 35.5 Å². The summed E-state index contributed by atoms with van der Waals surface area (Å²) in [6, 6.07) is 0. The Labute approximate surface area is 169 Å². The van der Waals surface area contributed by atoms with Gasteiger partial charge in [-0.2, -0.15) is 0 Å². The van der Waals surface area contributed by atoms with Crippen LogP contribution in [0.2, 0.25) is 0 Å². The molecule has 0 aromatic carbocycles. The maximum absolute atomic E-state index is 4.32. The molecule has 0 bridgehead atoms. The van der Waals surface area contributed by atoms with E-state index in [9.17, 15) is 0 Å². The van der Waals surface area contributed by atoms with Crippen molar-refractivity contribution in [1.29, 1.82) is 0 Å². The van der Waals surface area contributed by atoms with Gasteiger partial charge >= 0.3 is 0 Å². The average Bonchev–Trinajstić information content (AvgIpc) is 2.98. The van der Waals surface area contributed by atoms with Crippen LogP contribution in [0.5, 0.6) is 0 Å². The largest absolute Gasteiger partial charge is 0.0956 e. The van der Waals surface area contributed by atoms with Gasteiger partial charge in [-0.1, -0.05) is 76.8 Å². The van der Waals surface area contributed by atoms with Gasteiger partial charge in [0.15, 0.2) is 0 Å². The Morgan fingerprint density at radius 2 is 1.78 bits per heavy atom. The lowest BCUT2D eigenvalue weighted by molar-refractivity contribution is 0.0929. The van der Waals surface area contributed by atoms with Crippen LogP contribution in [0.4, 0.5) is 0 Å². The van der Waals surface area contributed by atoms with Crippen molar-refractivity contribution in [1.82, 2.24) is 0 Å². The summed E-state index contributed by atoms with van der Waals surface area (Å²) in [6.45, 7) is 14.3. The molecule has 0 aliphatic heterocycles. The minimum Gasteiger partial charge on any atom is -0.0956 e. The molecule has 27 heavy (non-hydrogen) atoms. The number of hydrogen-bond acceptors (Lipinski definition) is 0. The van der Waals surface area contributed by atoms with Crippen molar-refractivity contribution in [3.63, 3.8) is 0 Å². The van der Waals surface area contributed by atoms with E-state index < -0.39 is 0 Å². The van der Waals surface area contributed by atoms with Crippen LogP contribution in [-0.4, -0.2) is 0 Å². The quantitative estimate of drug-likeness (QED) is 0.440. The standard InChI is InChI=1S/C27H44/c1-20(2)10-8-12-22(4)25-17-18-26-24(14-9-19-27(25,26)5)16-15-23-13-7-6-11-21(23)3/h15-16,20,22,25-26H,3,6-14,17-19H2,1-2,4-5H3/b23-15-,24-16+/t22-,25?,26?,27?/m1/s1. The van der Waals surface area contributed by atoms with Crippen molar-refractivity contribution in [3.05, 3.63) is 35.5 Å². The number of rotatable bonds is 6. The van der Waals surface area contributed by atoms with Crippen molar-refractivity contribution >= 4 is 0 Å². The van der Waals surface area contributed by atoms with Crippen molar-refractivity contribution in [2.24, 2.45) is 29.1 Å². The van der Waals surface area contributed by atoms with Crippen LogP contribution in [0.3, 0.4) is 0 Å². The van der Waals surface area contributed by atoms with Crippen LogP contribution in [0.1, 0.15) is 105 Å². The summed E-state index contributed by atoms with van der Waals surface area (Å²) in [5.41, 5.74) is 5.27. The zero-order valence-electron chi connectivity index (χ0n) is 18.7. The molecule has 3 fully saturated rings. The molecule has 0 radical (unpaired) electrons. The van der Waals surface area contributed by atoms with E-state index in [1.54, 1.807) is 5.57 Å².